The number of anilines is 1. The molecule has 3 heterocycles. The third-order valence-electron chi connectivity index (χ3n) is 3.58. The summed E-state index contributed by atoms with van der Waals surface area (Å²) in [4.78, 5) is 6.44. The van der Waals surface area contributed by atoms with Crippen LogP contribution in [0.2, 0.25) is 0 Å². The zero-order valence-corrected chi connectivity index (χ0v) is 11.2. The SMILES string of the molecule is Fc1ccc2occ(-c3nc(N4CCNCC4)no3)c2c1. The molecule has 0 atom stereocenters. The van der Waals surface area contributed by atoms with E-state index in [2.05, 4.69) is 15.5 Å². The summed E-state index contributed by atoms with van der Waals surface area (Å²) in [6.45, 7) is 3.45. The van der Waals surface area contributed by atoms with Crippen molar-refractivity contribution in [3.8, 4) is 11.5 Å². The Balaban J connectivity index is 1.72. The zero-order chi connectivity index (χ0) is 14.2. The first-order valence-electron chi connectivity index (χ1n) is 6.78. The lowest BCUT2D eigenvalue weighted by Gasteiger charge is -2.25. The molecule has 0 unspecified atom stereocenters. The number of nitrogens with zero attached hydrogens (tertiary/aromatic N) is 3. The van der Waals surface area contributed by atoms with E-state index in [9.17, 15) is 4.39 Å². The summed E-state index contributed by atoms with van der Waals surface area (Å²) in [6.07, 6.45) is 1.51. The lowest BCUT2D eigenvalue weighted by Crippen LogP contribution is -2.44. The molecule has 1 aromatic carbocycles. The highest BCUT2D eigenvalue weighted by Gasteiger charge is 2.19. The predicted molar refractivity (Wildman–Crippen MR) is 74.5 cm³/mol. The van der Waals surface area contributed by atoms with E-state index in [0.717, 1.165) is 26.2 Å². The minimum Gasteiger partial charge on any atom is -0.463 e. The second kappa shape index (κ2) is 4.85. The Hall–Kier alpha value is -2.41. The summed E-state index contributed by atoms with van der Waals surface area (Å²) in [6, 6.07) is 4.35. The molecule has 1 saturated heterocycles. The van der Waals surface area contributed by atoms with Crippen molar-refractivity contribution < 1.29 is 13.3 Å². The largest absolute Gasteiger partial charge is 0.463 e. The Bertz CT molecular complexity index is 776. The molecule has 6 nitrogen and oxygen atoms in total. The Labute approximate surface area is 119 Å². The third-order valence-corrected chi connectivity index (χ3v) is 3.58. The number of rotatable bonds is 2. The molecule has 4 rings (SSSR count). The topological polar surface area (TPSA) is 67.3 Å². The Morgan fingerprint density at radius 2 is 2.10 bits per heavy atom. The fraction of sp³-hybridized carbons (Fsp3) is 0.286. The monoisotopic (exact) mass is 288 g/mol. The van der Waals surface area contributed by atoms with Gasteiger partial charge in [0, 0.05) is 31.6 Å². The number of piperazine rings is 1. The Morgan fingerprint density at radius 1 is 1.24 bits per heavy atom. The van der Waals surface area contributed by atoms with Crippen LogP contribution in [-0.2, 0) is 0 Å². The third kappa shape index (κ3) is 2.15. The van der Waals surface area contributed by atoms with Crippen molar-refractivity contribution in [1.29, 1.82) is 0 Å². The minimum absolute atomic E-state index is 0.327. The summed E-state index contributed by atoms with van der Waals surface area (Å²) in [5.41, 5.74) is 1.20. The normalized spacial score (nSPS) is 15.8. The van der Waals surface area contributed by atoms with Gasteiger partial charge in [-0.1, -0.05) is 0 Å². The van der Waals surface area contributed by atoms with Gasteiger partial charge in [-0.15, -0.1) is 0 Å². The standard InChI is InChI=1S/C14H13FN4O2/c15-9-1-2-12-10(7-9)11(8-20-12)13-17-14(18-21-13)19-5-3-16-4-6-19/h1-2,7-8,16H,3-6H2. The van der Waals surface area contributed by atoms with E-state index in [1.807, 2.05) is 4.90 Å². The van der Waals surface area contributed by atoms with E-state index in [1.165, 1.54) is 18.4 Å². The smallest absolute Gasteiger partial charge is 0.266 e. The summed E-state index contributed by atoms with van der Waals surface area (Å²) < 4.78 is 24.1. The average Bonchev–Trinajstić information content (AvgIpc) is 3.14. The van der Waals surface area contributed by atoms with Crippen molar-refractivity contribution in [3.63, 3.8) is 0 Å². The molecular formula is C14H13FN4O2. The number of benzene rings is 1. The number of hydrogen-bond donors (Lipinski definition) is 1. The second-order valence-corrected chi connectivity index (χ2v) is 4.93. The van der Waals surface area contributed by atoms with Crippen molar-refractivity contribution >= 4 is 16.9 Å². The van der Waals surface area contributed by atoms with Gasteiger partial charge in [0.1, 0.15) is 17.7 Å². The number of nitrogens with one attached hydrogen (secondary N) is 1. The van der Waals surface area contributed by atoms with E-state index >= 15 is 0 Å². The molecule has 1 fully saturated rings. The van der Waals surface area contributed by atoms with Crippen molar-refractivity contribution in [2.24, 2.45) is 0 Å². The van der Waals surface area contributed by atoms with Crippen LogP contribution in [0.15, 0.2) is 33.4 Å². The van der Waals surface area contributed by atoms with Gasteiger partial charge in [-0.2, -0.15) is 4.98 Å². The summed E-state index contributed by atoms with van der Waals surface area (Å²) in [5.74, 6) is 0.567. The molecule has 108 valence electrons. The van der Waals surface area contributed by atoms with E-state index < -0.39 is 0 Å². The molecule has 1 aliphatic heterocycles. The number of halogens is 1. The lowest BCUT2D eigenvalue weighted by atomic mass is 10.2. The number of fused-ring (bicyclic) bond motifs is 1. The molecule has 0 spiro atoms. The van der Waals surface area contributed by atoms with Crippen LogP contribution in [0.4, 0.5) is 10.3 Å². The van der Waals surface area contributed by atoms with Crippen molar-refractivity contribution in [3.05, 3.63) is 30.3 Å². The second-order valence-electron chi connectivity index (χ2n) is 4.93. The molecule has 3 aromatic rings. The zero-order valence-electron chi connectivity index (χ0n) is 11.2. The van der Waals surface area contributed by atoms with Gasteiger partial charge in [0.2, 0.25) is 0 Å². The molecule has 2 aromatic heterocycles. The fourth-order valence-corrected chi connectivity index (χ4v) is 2.49. The fourth-order valence-electron chi connectivity index (χ4n) is 2.49. The van der Waals surface area contributed by atoms with Gasteiger partial charge in [0.25, 0.3) is 11.8 Å². The molecule has 1 N–H and O–H groups in total. The summed E-state index contributed by atoms with van der Waals surface area (Å²) >= 11 is 0. The van der Waals surface area contributed by atoms with E-state index in [4.69, 9.17) is 8.94 Å². The van der Waals surface area contributed by atoms with Crippen LogP contribution < -0.4 is 10.2 Å². The molecule has 0 saturated carbocycles. The van der Waals surface area contributed by atoms with Crippen molar-refractivity contribution in [1.82, 2.24) is 15.5 Å². The maximum atomic E-state index is 13.4. The highest BCUT2D eigenvalue weighted by molar-refractivity contribution is 5.91. The van der Waals surface area contributed by atoms with Gasteiger partial charge >= 0.3 is 0 Å². The quantitative estimate of drug-likeness (QED) is 0.778. The number of hydrogen-bond acceptors (Lipinski definition) is 6. The summed E-state index contributed by atoms with van der Waals surface area (Å²) in [7, 11) is 0. The minimum atomic E-state index is -0.327. The highest BCUT2D eigenvalue weighted by atomic mass is 19.1. The van der Waals surface area contributed by atoms with Gasteiger partial charge in [-0.25, -0.2) is 4.39 Å². The Morgan fingerprint density at radius 3 is 2.95 bits per heavy atom. The van der Waals surface area contributed by atoms with Gasteiger partial charge in [0.05, 0.1) is 5.56 Å². The van der Waals surface area contributed by atoms with Gasteiger partial charge in [0.15, 0.2) is 0 Å². The van der Waals surface area contributed by atoms with E-state index in [1.54, 1.807) is 6.07 Å². The molecule has 21 heavy (non-hydrogen) atoms. The molecule has 0 radical (unpaired) electrons. The molecule has 0 bridgehead atoms. The van der Waals surface area contributed by atoms with Crippen LogP contribution in [0.1, 0.15) is 0 Å². The Kier molecular flexibility index (Phi) is 2.85. The molecule has 0 amide bonds. The summed E-state index contributed by atoms with van der Waals surface area (Å²) in [5, 5.41) is 7.90. The average molecular weight is 288 g/mol. The molecule has 1 aliphatic rings. The first-order chi connectivity index (χ1) is 10.3. The maximum absolute atomic E-state index is 13.4. The van der Waals surface area contributed by atoms with Crippen LogP contribution in [0, 0.1) is 5.82 Å². The molecule has 7 heteroatoms. The number of aromatic nitrogens is 2. The van der Waals surface area contributed by atoms with Crippen molar-refractivity contribution in [2.75, 3.05) is 31.1 Å². The lowest BCUT2D eigenvalue weighted by molar-refractivity contribution is 0.426. The van der Waals surface area contributed by atoms with Gasteiger partial charge in [-0.3, -0.25) is 0 Å². The van der Waals surface area contributed by atoms with Gasteiger partial charge in [-0.05, 0) is 23.4 Å². The number of furan rings is 1. The van der Waals surface area contributed by atoms with Crippen LogP contribution in [-0.4, -0.2) is 36.3 Å². The first-order valence-corrected chi connectivity index (χ1v) is 6.78. The first kappa shape index (κ1) is 12.3. The molecule has 0 aliphatic carbocycles. The van der Waals surface area contributed by atoms with Gasteiger partial charge < -0.3 is 19.2 Å². The van der Waals surface area contributed by atoms with E-state index in [0.29, 0.717) is 28.4 Å². The van der Waals surface area contributed by atoms with Crippen LogP contribution in [0.25, 0.3) is 22.4 Å². The van der Waals surface area contributed by atoms with Crippen LogP contribution in [0.5, 0.6) is 0 Å². The van der Waals surface area contributed by atoms with Crippen LogP contribution in [0.3, 0.4) is 0 Å². The predicted octanol–water partition coefficient (Wildman–Crippen LogP) is 2.03. The van der Waals surface area contributed by atoms with E-state index in [-0.39, 0.29) is 5.82 Å². The maximum Gasteiger partial charge on any atom is 0.266 e. The van der Waals surface area contributed by atoms with Crippen LogP contribution >= 0.6 is 0 Å². The van der Waals surface area contributed by atoms with Crippen molar-refractivity contribution in [2.45, 2.75) is 0 Å². The molecular weight excluding hydrogens is 275 g/mol. The highest BCUT2D eigenvalue weighted by Crippen LogP contribution is 2.30.